The highest BCUT2D eigenvalue weighted by atomic mass is 35.5. The number of anilines is 1. The Kier molecular flexibility index (Phi) is 5.04. The normalized spacial score (nSPS) is 13.1. The van der Waals surface area contributed by atoms with Gasteiger partial charge in [0, 0.05) is 29.4 Å². The third-order valence-corrected chi connectivity index (χ3v) is 4.53. The predicted molar refractivity (Wildman–Crippen MR) is 95.4 cm³/mol. The summed E-state index contributed by atoms with van der Waals surface area (Å²) in [7, 11) is 0. The summed E-state index contributed by atoms with van der Waals surface area (Å²) in [4.78, 5) is 26.2. The Balaban J connectivity index is 1.71. The number of rotatable bonds is 5. The van der Waals surface area contributed by atoms with Crippen molar-refractivity contribution in [3.8, 4) is 0 Å². The van der Waals surface area contributed by atoms with Gasteiger partial charge in [0.1, 0.15) is 5.82 Å². The van der Waals surface area contributed by atoms with Crippen molar-refractivity contribution in [2.45, 2.75) is 26.3 Å². The van der Waals surface area contributed by atoms with Crippen LogP contribution in [0.1, 0.15) is 34.8 Å². The molecule has 3 rings (SSSR count). The van der Waals surface area contributed by atoms with Gasteiger partial charge in [-0.2, -0.15) is 0 Å². The molecule has 0 atom stereocenters. The van der Waals surface area contributed by atoms with Gasteiger partial charge in [-0.15, -0.1) is 0 Å². The first-order valence-corrected chi connectivity index (χ1v) is 8.53. The number of nitrogens with zero attached hydrogens (tertiary/aromatic N) is 1. The molecule has 25 heavy (non-hydrogen) atoms. The first kappa shape index (κ1) is 17.4. The lowest BCUT2D eigenvalue weighted by molar-refractivity contribution is -0.117. The lowest BCUT2D eigenvalue weighted by atomic mass is 10.1. The minimum atomic E-state index is -0.417. The van der Waals surface area contributed by atoms with Crippen molar-refractivity contribution in [3.63, 3.8) is 0 Å². The van der Waals surface area contributed by atoms with Gasteiger partial charge in [-0.1, -0.05) is 24.6 Å². The molecule has 0 aromatic heterocycles. The van der Waals surface area contributed by atoms with Crippen LogP contribution in [0.2, 0.25) is 5.02 Å². The number of halogens is 2. The average molecular weight is 361 g/mol. The lowest BCUT2D eigenvalue weighted by Crippen LogP contribution is -2.27. The highest BCUT2D eigenvalue weighted by Gasteiger charge is 2.27. The van der Waals surface area contributed by atoms with E-state index in [-0.39, 0.29) is 23.4 Å². The number of carbonyl (C=O) groups is 2. The SMILES string of the molecule is CCCN1C(=O)Cc2cc(C(=O)NCc3ccc(F)cc3Cl)ccc21. The molecular weight excluding hydrogens is 343 g/mol. The smallest absolute Gasteiger partial charge is 0.251 e. The highest BCUT2D eigenvalue weighted by molar-refractivity contribution is 6.31. The first-order chi connectivity index (χ1) is 12.0. The molecule has 0 spiro atoms. The Bertz CT molecular complexity index is 838. The van der Waals surface area contributed by atoms with Crippen molar-refractivity contribution in [2.24, 2.45) is 0 Å². The number of nitrogens with one attached hydrogen (secondary N) is 1. The second-order valence-corrected chi connectivity index (χ2v) is 6.39. The van der Waals surface area contributed by atoms with Crippen molar-refractivity contribution < 1.29 is 14.0 Å². The van der Waals surface area contributed by atoms with Crippen molar-refractivity contribution in [1.82, 2.24) is 5.32 Å². The monoisotopic (exact) mass is 360 g/mol. The lowest BCUT2D eigenvalue weighted by Gasteiger charge is -2.16. The number of carbonyl (C=O) groups excluding carboxylic acids is 2. The van der Waals surface area contributed by atoms with Gasteiger partial charge in [0.25, 0.3) is 5.91 Å². The molecule has 2 aromatic rings. The number of amides is 2. The number of fused-ring (bicyclic) bond motifs is 1. The van der Waals surface area contributed by atoms with Crippen LogP contribution in [0.5, 0.6) is 0 Å². The van der Waals surface area contributed by atoms with E-state index in [1.807, 2.05) is 13.0 Å². The summed E-state index contributed by atoms with van der Waals surface area (Å²) in [5, 5.41) is 3.04. The maximum Gasteiger partial charge on any atom is 0.251 e. The molecule has 0 aliphatic carbocycles. The van der Waals surface area contributed by atoms with Crippen LogP contribution in [-0.2, 0) is 17.8 Å². The maximum absolute atomic E-state index is 13.1. The van der Waals surface area contributed by atoms with Crippen molar-refractivity contribution in [2.75, 3.05) is 11.4 Å². The van der Waals surface area contributed by atoms with Crippen LogP contribution in [-0.4, -0.2) is 18.4 Å². The van der Waals surface area contributed by atoms with Crippen molar-refractivity contribution >= 4 is 29.1 Å². The van der Waals surface area contributed by atoms with E-state index in [1.165, 1.54) is 12.1 Å². The molecule has 4 nitrogen and oxygen atoms in total. The highest BCUT2D eigenvalue weighted by Crippen LogP contribution is 2.30. The van der Waals surface area contributed by atoms with Gasteiger partial charge in [-0.3, -0.25) is 9.59 Å². The second-order valence-electron chi connectivity index (χ2n) is 5.98. The molecule has 1 aliphatic rings. The zero-order valence-electron chi connectivity index (χ0n) is 13.8. The second kappa shape index (κ2) is 7.23. The molecule has 0 unspecified atom stereocenters. The van der Waals surface area contributed by atoms with E-state index in [0.29, 0.717) is 24.1 Å². The standard InChI is InChI=1S/C19H18ClFN2O2/c1-2-7-23-17-6-4-12(8-14(17)9-18(23)24)19(25)22-11-13-3-5-15(21)10-16(13)20/h3-6,8,10H,2,7,9,11H2,1H3,(H,22,25). The fourth-order valence-corrected chi connectivity index (χ4v) is 3.17. The molecule has 0 radical (unpaired) electrons. The van der Waals surface area contributed by atoms with Crippen molar-refractivity contribution in [3.05, 3.63) is 63.9 Å². The van der Waals surface area contributed by atoms with E-state index < -0.39 is 5.82 Å². The number of hydrogen-bond donors (Lipinski definition) is 1. The molecule has 1 N–H and O–H groups in total. The van der Waals surface area contributed by atoms with Gasteiger partial charge >= 0.3 is 0 Å². The number of hydrogen-bond acceptors (Lipinski definition) is 2. The summed E-state index contributed by atoms with van der Waals surface area (Å²) in [6, 6.07) is 9.34. The maximum atomic E-state index is 13.1. The van der Waals surface area contributed by atoms with Crippen LogP contribution in [0.3, 0.4) is 0 Å². The van der Waals surface area contributed by atoms with Crippen LogP contribution in [0.25, 0.3) is 0 Å². The molecular formula is C19H18ClFN2O2. The van der Waals surface area contributed by atoms with Crippen molar-refractivity contribution in [1.29, 1.82) is 0 Å². The minimum Gasteiger partial charge on any atom is -0.348 e. The van der Waals surface area contributed by atoms with Gasteiger partial charge in [-0.25, -0.2) is 4.39 Å². The molecule has 2 amide bonds. The van der Waals surface area contributed by atoms with E-state index in [9.17, 15) is 14.0 Å². The largest absolute Gasteiger partial charge is 0.348 e. The first-order valence-electron chi connectivity index (χ1n) is 8.15. The zero-order chi connectivity index (χ0) is 18.0. The Morgan fingerprint density at radius 3 is 2.80 bits per heavy atom. The summed E-state index contributed by atoms with van der Waals surface area (Å²) in [5.74, 6) is -0.614. The topological polar surface area (TPSA) is 49.4 Å². The van der Waals surface area contributed by atoms with E-state index in [2.05, 4.69) is 5.32 Å². The molecule has 0 bridgehead atoms. The van der Waals surface area contributed by atoms with Gasteiger partial charge < -0.3 is 10.2 Å². The van der Waals surface area contributed by atoms with E-state index in [1.54, 1.807) is 23.1 Å². The molecule has 0 saturated carbocycles. The summed E-state index contributed by atoms with van der Waals surface area (Å²) in [5.41, 5.74) is 2.88. The predicted octanol–water partition coefficient (Wildman–Crippen LogP) is 3.71. The Hall–Kier alpha value is -2.40. The van der Waals surface area contributed by atoms with E-state index in [4.69, 9.17) is 11.6 Å². The quantitative estimate of drug-likeness (QED) is 0.883. The minimum absolute atomic E-state index is 0.0625. The summed E-state index contributed by atoms with van der Waals surface area (Å²) in [6.45, 7) is 2.91. The summed E-state index contributed by atoms with van der Waals surface area (Å²) < 4.78 is 13.1. The average Bonchev–Trinajstić information content (AvgIpc) is 2.89. The van der Waals surface area contributed by atoms with Crippen LogP contribution in [0.15, 0.2) is 36.4 Å². The van der Waals surface area contributed by atoms with Gasteiger partial charge in [0.15, 0.2) is 0 Å². The molecule has 0 saturated heterocycles. The Morgan fingerprint density at radius 1 is 1.28 bits per heavy atom. The van der Waals surface area contributed by atoms with Crippen LogP contribution in [0.4, 0.5) is 10.1 Å². The fraction of sp³-hybridized carbons (Fsp3) is 0.263. The zero-order valence-corrected chi connectivity index (χ0v) is 14.6. The van der Waals surface area contributed by atoms with E-state index >= 15 is 0 Å². The molecule has 2 aromatic carbocycles. The third kappa shape index (κ3) is 3.66. The molecule has 130 valence electrons. The van der Waals surface area contributed by atoms with E-state index in [0.717, 1.165) is 17.7 Å². The molecule has 0 fully saturated rings. The molecule has 1 aliphatic heterocycles. The Labute approximate surface area is 150 Å². The molecule has 1 heterocycles. The van der Waals surface area contributed by atoms with Crippen LogP contribution in [0, 0.1) is 5.82 Å². The van der Waals surface area contributed by atoms with Gasteiger partial charge in [0.2, 0.25) is 5.91 Å². The van der Waals surface area contributed by atoms with Crippen LogP contribution < -0.4 is 10.2 Å². The van der Waals surface area contributed by atoms with Crippen LogP contribution >= 0.6 is 11.6 Å². The Morgan fingerprint density at radius 2 is 2.08 bits per heavy atom. The third-order valence-electron chi connectivity index (χ3n) is 4.18. The molecule has 6 heteroatoms. The summed E-state index contributed by atoms with van der Waals surface area (Å²) in [6.07, 6.45) is 1.20. The van der Waals surface area contributed by atoms with Gasteiger partial charge in [0.05, 0.1) is 6.42 Å². The number of benzene rings is 2. The van der Waals surface area contributed by atoms with Gasteiger partial charge in [-0.05, 0) is 47.9 Å². The fourth-order valence-electron chi connectivity index (χ4n) is 2.94. The summed E-state index contributed by atoms with van der Waals surface area (Å²) >= 11 is 5.96.